The molecule has 1 saturated heterocycles. The Morgan fingerprint density at radius 3 is 2.74 bits per heavy atom. The van der Waals surface area contributed by atoms with E-state index in [2.05, 4.69) is 0 Å². The van der Waals surface area contributed by atoms with Gasteiger partial charge in [0, 0.05) is 19.2 Å². The average molecular weight is 263 g/mol. The Bertz CT molecular complexity index is 416. The van der Waals surface area contributed by atoms with Gasteiger partial charge in [-0.3, -0.25) is 4.79 Å². The van der Waals surface area contributed by atoms with Crippen LogP contribution in [0.25, 0.3) is 0 Å². The highest BCUT2D eigenvalue weighted by Gasteiger charge is 2.26. The van der Waals surface area contributed by atoms with Crippen LogP contribution in [-0.4, -0.2) is 42.2 Å². The fraction of sp³-hybridized carbons (Fsp3) is 0.533. The van der Waals surface area contributed by atoms with Crippen LogP contribution in [0.15, 0.2) is 24.3 Å². The number of amides is 1. The van der Waals surface area contributed by atoms with E-state index in [9.17, 15) is 9.90 Å². The van der Waals surface area contributed by atoms with Crippen LogP contribution in [0, 0.1) is 0 Å². The van der Waals surface area contributed by atoms with Crippen molar-refractivity contribution in [3.63, 3.8) is 0 Å². The summed E-state index contributed by atoms with van der Waals surface area (Å²) in [7, 11) is 1.65. The molecular weight excluding hydrogens is 242 g/mol. The molecule has 0 saturated carbocycles. The van der Waals surface area contributed by atoms with Gasteiger partial charge in [0.05, 0.1) is 19.3 Å². The lowest BCUT2D eigenvalue weighted by atomic mass is 10.0. The predicted molar refractivity (Wildman–Crippen MR) is 72.9 cm³/mol. The number of methoxy groups -OCH3 is 1. The summed E-state index contributed by atoms with van der Waals surface area (Å²) in [4.78, 5) is 14.2. The van der Waals surface area contributed by atoms with Crippen LogP contribution in [0.4, 0.5) is 0 Å². The molecule has 1 fully saturated rings. The number of likely N-dealkylation sites (tertiary alicyclic amines) is 1. The van der Waals surface area contributed by atoms with Gasteiger partial charge in [-0.15, -0.1) is 0 Å². The molecule has 1 atom stereocenters. The van der Waals surface area contributed by atoms with Gasteiger partial charge in [-0.1, -0.05) is 12.1 Å². The Morgan fingerprint density at radius 2 is 2.11 bits per heavy atom. The normalized spacial score (nSPS) is 19.5. The number of aliphatic hydroxyl groups is 1. The molecule has 0 radical (unpaired) electrons. The van der Waals surface area contributed by atoms with Crippen LogP contribution in [0.3, 0.4) is 0 Å². The molecule has 1 N–H and O–H groups in total. The van der Waals surface area contributed by atoms with Gasteiger partial charge in [0.15, 0.2) is 0 Å². The molecule has 2 rings (SSSR count). The second kappa shape index (κ2) is 6.68. The van der Waals surface area contributed by atoms with Crippen LogP contribution in [0.1, 0.15) is 35.2 Å². The molecular formula is C15H21NO3. The Morgan fingerprint density at radius 1 is 1.37 bits per heavy atom. The second-order valence-corrected chi connectivity index (χ2v) is 4.96. The summed E-state index contributed by atoms with van der Waals surface area (Å²) in [5.41, 5.74) is 1.73. The highest BCUT2D eigenvalue weighted by atomic mass is 16.5. The number of rotatable bonds is 4. The standard InChI is InChI=1S/C15H21NO3/c1-19-11-12-5-7-13(8-6-12)15(18)16-9-3-2-4-14(16)10-17/h5-8,14,17H,2-4,9-11H2,1H3. The molecule has 19 heavy (non-hydrogen) atoms. The van der Waals surface area contributed by atoms with Gasteiger partial charge < -0.3 is 14.7 Å². The fourth-order valence-corrected chi connectivity index (χ4v) is 2.53. The minimum absolute atomic E-state index is 0.0164. The van der Waals surface area contributed by atoms with Crippen molar-refractivity contribution < 1.29 is 14.6 Å². The predicted octanol–water partition coefficient (Wildman–Crippen LogP) is 1.82. The smallest absolute Gasteiger partial charge is 0.254 e. The van der Waals surface area contributed by atoms with Gasteiger partial charge in [-0.2, -0.15) is 0 Å². The van der Waals surface area contributed by atoms with Crippen molar-refractivity contribution in [2.24, 2.45) is 0 Å². The first-order valence-corrected chi connectivity index (χ1v) is 6.76. The first kappa shape index (κ1) is 14.0. The van der Waals surface area contributed by atoms with Crippen LogP contribution in [0.5, 0.6) is 0 Å². The molecule has 0 aromatic heterocycles. The zero-order valence-corrected chi connectivity index (χ0v) is 11.3. The topological polar surface area (TPSA) is 49.8 Å². The summed E-state index contributed by atoms with van der Waals surface area (Å²) in [5, 5.41) is 9.36. The number of carbonyl (C=O) groups excluding carboxylic acids is 1. The summed E-state index contributed by atoms with van der Waals surface area (Å²) < 4.78 is 5.05. The van der Waals surface area contributed by atoms with E-state index in [4.69, 9.17) is 4.74 Å². The highest BCUT2D eigenvalue weighted by Crippen LogP contribution is 2.19. The number of nitrogens with zero attached hydrogens (tertiary/aromatic N) is 1. The summed E-state index contributed by atoms with van der Waals surface area (Å²) in [5.74, 6) is 0.0164. The maximum Gasteiger partial charge on any atom is 0.254 e. The van der Waals surface area contributed by atoms with Gasteiger partial charge in [0.1, 0.15) is 0 Å². The Balaban J connectivity index is 2.09. The fourth-order valence-electron chi connectivity index (χ4n) is 2.53. The molecule has 0 aliphatic carbocycles. The van der Waals surface area contributed by atoms with E-state index in [0.29, 0.717) is 12.2 Å². The van der Waals surface area contributed by atoms with Crippen molar-refractivity contribution in [2.75, 3.05) is 20.3 Å². The number of benzene rings is 1. The molecule has 0 spiro atoms. The molecule has 4 heteroatoms. The van der Waals surface area contributed by atoms with E-state index in [0.717, 1.165) is 31.4 Å². The molecule has 1 aliphatic heterocycles. The van der Waals surface area contributed by atoms with Crippen molar-refractivity contribution in [2.45, 2.75) is 31.9 Å². The lowest BCUT2D eigenvalue weighted by molar-refractivity contribution is 0.0503. The summed E-state index contributed by atoms with van der Waals surface area (Å²) >= 11 is 0. The third kappa shape index (κ3) is 3.33. The van der Waals surface area contributed by atoms with E-state index < -0.39 is 0 Å². The van der Waals surface area contributed by atoms with E-state index in [1.807, 2.05) is 24.3 Å². The van der Waals surface area contributed by atoms with E-state index in [1.165, 1.54) is 0 Å². The lowest BCUT2D eigenvalue weighted by Gasteiger charge is -2.34. The molecule has 1 unspecified atom stereocenters. The van der Waals surface area contributed by atoms with Gasteiger partial charge >= 0.3 is 0 Å². The molecule has 1 aromatic rings. The number of piperidine rings is 1. The quantitative estimate of drug-likeness (QED) is 0.901. The number of aliphatic hydroxyl groups excluding tert-OH is 1. The van der Waals surface area contributed by atoms with Crippen LogP contribution < -0.4 is 0 Å². The number of carbonyl (C=O) groups is 1. The number of hydrogen-bond acceptors (Lipinski definition) is 3. The van der Waals surface area contributed by atoms with Crippen LogP contribution in [-0.2, 0) is 11.3 Å². The zero-order chi connectivity index (χ0) is 13.7. The van der Waals surface area contributed by atoms with E-state index >= 15 is 0 Å². The Labute approximate surface area is 114 Å². The number of ether oxygens (including phenoxy) is 1. The zero-order valence-electron chi connectivity index (χ0n) is 11.3. The highest BCUT2D eigenvalue weighted by molar-refractivity contribution is 5.94. The van der Waals surface area contributed by atoms with Gasteiger partial charge in [-0.25, -0.2) is 0 Å². The molecule has 1 amide bonds. The summed E-state index contributed by atoms with van der Waals surface area (Å²) in [6.07, 6.45) is 3.00. The number of hydrogen-bond donors (Lipinski definition) is 1. The largest absolute Gasteiger partial charge is 0.394 e. The van der Waals surface area contributed by atoms with Crippen molar-refractivity contribution >= 4 is 5.91 Å². The Hall–Kier alpha value is -1.39. The third-order valence-electron chi connectivity index (χ3n) is 3.61. The SMILES string of the molecule is COCc1ccc(C(=O)N2CCCCC2CO)cc1. The van der Waals surface area contributed by atoms with Crippen LogP contribution in [0.2, 0.25) is 0 Å². The van der Waals surface area contributed by atoms with Crippen molar-refractivity contribution in [1.82, 2.24) is 4.90 Å². The van der Waals surface area contributed by atoms with E-state index in [-0.39, 0.29) is 18.6 Å². The molecule has 1 aliphatic rings. The van der Waals surface area contributed by atoms with Crippen molar-refractivity contribution in [1.29, 1.82) is 0 Å². The average Bonchev–Trinajstić information content (AvgIpc) is 2.47. The second-order valence-electron chi connectivity index (χ2n) is 4.96. The first-order chi connectivity index (χ1) is 9.26. The third-order valence-corrected chi connectivity index (χ3v) is 3.61. The molecule has 1 aromatic carbocycles. The Kier molecular flexibility index (Phi) is 4.93. The summed E-state index contributed by atoms with van der Waals surface area (Å²) in [6.45, 7) is 1.34. The van der Waals surface area contributed by atoms with Gasteiger partial charge in [0.25, 0.3) is 5.91 Å². The lowest BCUT2D eigenvalue weighted by Crippen LogP contribution is -2.45. The molecule has 4 nitrogen and oxygen atoms in total. The van der Waals surface area contributed by atoms with E-state index in [1.54, 1.807) is 12.0 Å². The monoisotopic (exact) mass is 263 g/mol. The minimum Gasteiger partial charge on any atom is -0.394 e. The van der Waals surface area contributed by atoms with Crippen molar-refractivity contribution in [3.8, 4) is 0 Å². The van der Waals surface area contributed by atoms with Gasteiger partial charge in [0.2, 0.25) is 0 Å². The first-order valence-electron chi connectivity index (χ1n) is 6.76. The molecule has 104 valence electrons. The maximum atomic E-state index is 12.4. The van der Waals surface area contributed by atoms with Crippen molar-refractivity contribution in [3.05, 3.63) is 35.4 Å². The molecule has 1 heterocycles. The minimum atomic E-state index is -0.0279. The molecule has 0 bridgehead atoms. The summed E-state index contributed by atoms with van der Waals surface area (Å²) in [6, 6.07) is 7.46. The van der Waals surface area contributed by atoms with Gasteiger partial charge in [-0.05, 0) is 37.0 Å². The van der Waals surface area contributed by atoms with Crippen LogP contribution >= 0.6 is 0 Å². The maximum absolute atomic E-state index is 12.4.